The van der Waals surface area contributed by atoms with Crippen molar-refractivity contribution in [2.75, 3.05) is 13.2 Å². The Kier molecular flexibility index (Phi) is 6.95. The molecule has 27 heavy (non-hydrogen) atoms. The molecule has 0 aliphatic carbocycles. The highest BCUT2D eigenvalue weighted by Crippen LogP contribution is 2.29. The molecule has 6 nitrogen and oxygen atoms in total. The van der Waals surface area contributed by atoms with Crippen LogP contribution in [0.1, 0.15) is 22.3 Å². The molecule has 0 radical (unpaired) electrons. The lowest BCUT2D eigenvalue weighted by atomic mass is 9.95. The summed E-state index contributed by atoms with van der Waals surface area (Å²) in [6.45, 7) is 0.835. The van der Waals surface area contributed by atoms with E-state index < -0.39 is 24.5 Å². The quantitative estimate of drug-likeness (QED) is 0.546. The molecule has 2 unspecified atom stereocenters. The molecule has 6 heteroatoms. The minimum atomic E-state index is -1.29. The van der Waals surface area contributed by atoms with Crippen LogP contribution >= 0.6 is 0 Å². The first-order valence-corrected chi connectivity index (χ1v) is 9.00. The standard InChI is InChI=1S/C21H24O6/c22-19-17(11-12-25-13-15-7-3-1-4-8-15)18(27-21(19)24)14-26-20(23)16-9-5-2-6-10-16/h1-10,17-19,21-22,24H,11-14H2/t17?,18-,19?,21-/m1/s1. The topological polar surface area (TPSA) is 85.2 Å². The molecule has 0 bridgehead atoms. The Morgan fingerprint density at radius 1 is 1.00 bits per heavy atom. The number of rotatable bonds is 8. The summed E-state index contributed by atoms with van der Waals surface area (Å²) in [5, 5.41) is 20.0. The van der Waals surface area contributed by atoms with Crippen molar-refractivity contribution in [3.8, 4) is 0 Å². The first kappa shape index (κ1) is 19.5. The van der Waals surface area contributed by atoms with E-state index in [4.69, 9.17) is 14.2 Å². The zero-order chi connectivity index (χ0) is 19.1. The number of hydrogen-bond donors (Lipinski definition) is 2. The summed E-state index contributed by atoms with van der Waals surface area (Å²) in [6, 6.07) is 18.4. The van der Waals surface area contributed by atoms with E-state index in [-0.39, 0.29) is 12.5 Å². The second kappa shape index (κ2) is 9.62. The summed E-state index contributed by atoms with van der Waals surface area (Å²) in [5.41, 5.74) is 1.51. The van der Waals surface area contributed by atoms with Gasteiger partial charge in [0.1, 0.15) is 18.8 Å². The maximum absolute atomic E-state index is 12.1. The highest BCUT2D eigenvalue weighted by molar-refractivity contribution is 5.89. The van der Waals surface area contributed by atoms with Gasteiger partial charge < -0.3 is 24.4 Å². The molecular formula is C21H24O6. The summed E-state index contributed by atoms with van der Waals surface area (Å²) >= 11 is 0. The molecule has 2 aromatic carbocycles. The predicted octanol–water partition coefficient (Wildman–Crippen LogP) is 2.14. The van der Waals surface area contributed by atoms with Gasteiger partial charge in [-0.05, 0) is 24.1 Å². The molecule has 1 fully saturated rings. The Morgan fingerprint density at radius 2 is 1.67 bits per heavy atom. The van der Waals surface area contributed by atoms with Crippen molar-refractivity contribution in [2.45, 2.75) is 31.5 Å². The predicted molar refractivity (Wildman–Crippen MR) is 97.8 cm³/mol. The third-order valence-electron chi connectivity index (χ3n) is 4.62. The van der Waals surface area contributed by atoms with Crippen molar-refractivity contribution in [3.63, 3.8) is 0 Å². The number of aliphatic hydroxyl groups excluding tert-OH is 2. The second-order valence-electron chi connectivity index (χ2n) is 6.51. The van der Waals surface area contributed by atoms with E-state index >= 15 is 0 Å². The molecule has 144 valence electrons. The average Bonchev–Trinajstić information content (AvgIpc) is 2.98. The molecule has 1 saturated heterocycles. The van der Waals surface area contributed by atoms with Gasteiger partial charge in [-0.15, -0.1) is 0 Å². The third-order valence-corrected chi connectivity index (χ3v) is 4.62. The van der Waals surface area contributed by atoms with Gasteiger partial charge in [-0.3, -0.25) is 0 Å². The molecule has 0 aromatic heterocycles. The van der Waals surface area contributed by atoms with Gasteiger partial charge in [-0.2, -0.15) is 0 Å². The number of benzene rings is 2. The van der Waals surface area contributed by atoms with E-state index in [1.54, 1.807) is 24.3 Å². The first-order chi connectivity index (χ1) is 13.1. The Bertz CT molecular complexity index is 705. The van der Waals surface area contributed by atoms with Crippen LogP contribution in [-0.4, -0.2) is 47.9 Å². The lowest BCUT2D eigenvalue weighted by Gasteiger charge is -2.19. The van der Waals surface area contributed by atoms with E-state index in [0.717, 1.165) is 5.56 Å². The molecule has 3 rings (SSSR count). The molecule has 4 atom stereocenters. The van der Waals surface area contributed by atoms with Gasteiger partial charge in [-0.25, -0.2) is 4.79 Å². The third kappa shape index (κ3) is 5.37. The van der Waals surface area contributed by atoms with Crippen LogP contribution < -0.4 is 0 Å². The fourth-order valence-corrected chi connectivity index (χ4v) is 3.11. The Labute approximate surface area is 158 Å². The molecular weight excluding hydrogens is 348 g/mol. The summed E-state index contributed by atoms with van der Waals surface area (Å²) < 4.78 is 16.3. The molecule has 0 saturated carbocycles. The highest BCUT2D eigenvalue weighted by Gasteiger charge is 2.43. The Hall–Kier alpha value is -2.25. The van der Waals surface area contributed by atoms with E-state index in [1.165, 1.54) is 0 Å². The summed E-state index contributed by atoms with van der Waals surface area (Å²) in [5.74, 6) is -0.839. The smallest absolute Gasteiger partial charge is 0.338 e. The van der Waals surface area contributed by atoms with Crippen LogP contribution in [0.25, 0.3) is 0 Å². The normalized spacial score (nSPS) is 24.7. The van der Waals surface area contributed by atoms with Crippen molar-refractivity contribution in [1.29, 1.82) is 0 Å². The lowest BCUT2D eigenvalue weighted by molar-refractivity contribution is -0.133. The van der Waals surface area contributed by atoms with Crippen LogP contribution in [0.15, 0.2) is 60.7 Å². The number of hydrogen-bond acceptors (Lipinski definition) is 6. The Balaban J connectivity index is 1.47. The SMILES string of the molecule is O=C(OC[C@H]1O[C@@H](O)C(O)C1CCOCc1ccccc1)c1ccccc1. The maximum Gasteiger partial charge on any atom is 0.338 e. The van der Waals surface area contributed by atoms with Crippen molar-refractivity contribution in [2.24, 2.45) is 5.92 Å². The van der Waals surface area contributed by atoms with Crippen molar-refractivity contribution < 1.29 is 29.2 Å². The number of aliphatic hydroxyl groups is 2. The molecule has 2 aromatic rings. The largest absolute Gasteiger partial charge is 0.459 e. The summed E-state index contributed by atoms with van der Waals surface area (Å²) in [7, 11) is 0. The molecule has 2 N–H and O–H groups in total. The van der Waals surface area contributed by atoms with E-state index in [1.807, 2.05) is 36.4 Å². The number of carbonyl (C=O) groups is 1. The summed E-state index contributed by atoms with van der Waals surface area (Å²) in [6.07, 6.45) is -2.42. The van der Waals surface area contributed by atoms with Gasteiger partial charge in [0, 0.05) is 12.5 Å². The monoisotopic (exact) mass is 372 g/mol. The summed E-state index contributed by atoms with van der Waals surface area (Å²) in [4.78, 5) is 12.1. The van der Waals surface area contributed by atoms with Crippen molar-refractivity contribution >= 4 is 5.97 Å². The van der Waals surface area contributed by atoms with Gasteiger partial charge in [0.25, 0.3) is 0 Å². The van der Waals surface area contributed by atoms with E-state index in [0.29, 0.717) is 25.2 Å². The molecule has 0 amide bonds. The van der Waals surface area contributed by atoms with Gasteiger partial charge in [-0.1, -0.05) is 48.5 Å². The number of ether oxygens (including phenoxy) is 3. The lowest BCUT2D eigenvalue weighted by Crippen LogP contribution is -2.31. The van der Waals surface area contributed by atoms with E-state index in [2.05, 4.69) is 0 Å². The Morgan fingerprint density at radius 3 is 2.37 bits per heavy atom. The molecule has 1 heterocycles. The minimum absolute atomic E-state index is 0.0365. The first-order valence-electron chi connectivity index (χ1n) is 9.00. The highest BCUT2D eigenvalue weighted by atomic mass is 16.6. The van der Waals surface area contributed by atoms with Crippen molar-refractivity contribution in [1.82, 2.24) is 0 Å². The molecule has 0 spiro atoms. The van der Waals surface area contributed by atoms with Crippen LogP contribution in [0.5, 0.6) is 0 Å². The maximum atomic E-state index is 12.1. The van der Waals surface area contributed by atoms with Crippen LogP contribution in [0.4, 0.5) is 0 Å². The van der Waals surface area contributed by atoms with Crippen molar-refractivity contribution in [3.05, 3.63) is 71.8 Å². The molecule has 1 aliphatic rings. The second-order valence-corrected chi connectivity index (χ2v) is 6.51. The zero-order valence-corrected chi connectivity index (χ0v) is 14.9. The van der Waals surface area contributed by atoms with Crippen LogP contribution in [0.3, 0.4) is 0 Å². The average molecular weight is 372 g/mol. The number of carbonyl (C=O) groups excluding carboxylic acids is 1. The molecule has 1 aliphatic heterocycles. The number of esters is 1. The zero-order valence-electron chi connectivity index (χ0n) is 14.9. The fraction of sp³-hybridized carbons (Fsp3) is 0.381. The van der Waals surface area contributed by atoms with Gasteiger partial charge in [0.2, 0.25) is 0 Å². The van der Waals surface area contributed by atoms with Gasteiger partial charge in [0.05, 0.1) is 12.2 Å². The van der Waals surface area contributed by atoms with Crippen LogP contribution in [0.2, 0.25) is 0 Å². The fourth-order valence-electron chi connectivity index (χ4n) is 3.11. The van der Waals surface area contributed by atoms with Crippen LogP contribution in [0, 0.1) is 5.92 Å². The minimum Gasteiger partial charge on any atom is -0.459 e. The van der Waals surface area contributed by atoms with Gasteiger partial charge >= 0.3 is 5.97 Å². The van der Waals surface area contributed by atoms with Gasteiger partial charge in [0.15, 0.2) is 6.29 Å². The van der Waals surface area contributed by atoms with E-state index in [9.17, 15) is 15.0 Å². The van der Waals surface area contributed by atoms with Crippen LogP contribution in [-0.2, 0) is 20.8 Å².